The van der Waals surface area contributed by atoms with Crippen molar-refractivity contribution in [3.05, 3.63) is 24.6 Å². The van der Waals surface area contributed by atoms with Gasteiger partial charge in [-0.15, -0.1) is 0 Å². The van der Waals surface area contributed by atoms with E-state index in [2.05, 4.69) is 10.3 Å². The molecule has 1 heterocycles. The largest absolute Gasteiger partial charge is 0.443 e. The van der Waals surface area contributed by atoms with Gasteiger partial charge in [-0.2, -0.15) is 0 Å². The molecule has 0 spiro atoms. The Labute approximate surface area is 85.9 Å². The van der Waals surface area contributed by atoms with Crippen molar-refractivity contribution in [3.63, 3.8) is 0 Å². The lowest BCUT2D eigenvalue weighted by Gasteiger charge is -2.04. The lowest BCUT2D eigenvalue weighted by Crippen LogP contribution is -2.21. The Balaban J connectivity index is 2.30. The molecule has 1 aromatic heterocycles. The number of rotatable bonds is 1. The van der Waals surface area contributed by atoms with Gasteiger partial charge >= 0.3 is 0 Å². The fourth-order valence-corrected chi connectivity index (χ4v) is 1.16. The molecule has 5 heteroatoms. The molecule has 0 bridgehead atoms. The summed E-state index contributed by atoms with van der Waals surface area (Å²) in [4.78, 5) is 4.00. The number of nitrogens with one attached hydrogen (secondary N) is 1. The van der Waals surface area contributed by atoms with Gasteiger partial charge in [0.1, 0.15) is 11.3 Å². The first-order valence-electron chi connectivity index (χ1n) is 4.02. The molecule has 0 fully saturated rings. The minimum absolute atomic E-state index is 0.327. The molecule has 0 saturated carbocycles. The summed E-state index contributed by atoms with van der Waals surface area (Å²) in [6, 6.07) is 5.33. The second kappa shape index (κ2) is 3.63. The Morgan fingerprint density at radius 1 is 1.57 bits per heavy atom. The van der Waals surface area contributed by atoms with Crippen molar-refractivity contribution in [1.82, 2.24) is 10.3 Å². The molecule has 14 heavy (non-hydrogen) atoms. The van der Waals surface area contributed by atoms with Gasteiger partial charge in [0.15, 0.2) is 12.0 Å². The normalized spacial score (nSPS) is 10.1. The monoisotopic (exact) mass is 208 g/mol. The summed E-state index contributed by atoms with van der Waals surface area (Å²) < 4.78 is 10.4. The van der Waals surface area contributed by atoms with E-state index in [0.717, 1.165) is 11.1 Å². The van der Waals surface area contributed by atoms with Gasteiger partial charge < -0.3 is 14.5 Å². The van der Waals surface area contributed by atoms with Gasteiger partial charge in [0.25, 0.3) is 5.17 Å². The van der Waals surface area contributed by atoms with Gasteiger partial charge in [-0.05, 0) is 24.4 Å². The Morgan fingerprint density at radius 3 is 3.21 bits per heavy atom. The van der Waals surface area contributed by atoms with E-state index < -0.39 is 0 Å². The van der Waals surface area contributed by atoms with Crippen LogP contribution in [-0.4, -0.2) is 17.2 Å². The molecule has 0 aliphatic rings. The summed E-state index contributed by atoms with van der Waals surface area (Å²) in [6.07, 6.45) is 1.39. The minimum Gasteiger partial charge on any atom is -0.443 e. The van der Waals surface area contributed by atoms with Crippen LogP contribution < -0.4 is 10.1 Å². The number of oxazole rings is 1. The molecule has 1 aromatic carbocycles. The van der Waals surface area contributed by atoms with Crippen LogP contribution in [0.25, 0.3) is 11.1 Å². The molecule has 0 unspecified atom stereocenters. The zero-order chi connectivity index (χ0) is 9.97. The van der Waals surface area contributed by atoms with Crippen LogP contribution in [0.2, 0.25) is 0 Å². The maximum atomic E-state index is 5.28. The van der Waals surface area contributed by atoms with Crippen LogP contribution >= 0.6 is 12.2 Å². The van der Waals surface area contributed by atoms with E-state index in [0.29, 0.717) is 10.9 Å². The van der Waals surface area contributed by atoms with Gasteiger partial charge in [-0.1, -0.05) is 0 Å². The molecule has 2 aromatic rings. The van der Waals surface area contributed by atoms with Gasteiger partial charge in [-0.3, -0.25) is 0 Å². The molecule has 72 valence electrons. The van der Waals surface area contributed by atoms with E-state index in [-0.39, 0.29) is 0 Å². The molecular weight excluding hydrogens is 200 g/mol. The van der Waals surface area contributed by atoms with Crippen LogP contribution in [0.4, 0.5) is 0 Å². The van der Waals surface area contributed by atoms with Crippen molar-refractivity contribution in [2.24, 2.45) is 0 Å². The Morgan fingerprint density at radius 2 is 2.43 bits per heavy atom. The number of hydrogen-bond acceptors (Lipinski definition) is 4. The van der Waals surface area contributed by atoms with Gasteiger partial charge in [0.05, 0.1) is 0 Å². The quantitative estimate of drug-likeness (QED) is 0.723. The molecule has 0 aliphatic heterocycles. The Hall–Kier alpha value is -1.62. The lowest BCUT2D eigenvalue weighted by atomic mass is 10.3. The third kappa shape index (κ3) is 1.67. The summed E-state index contributed by atoms with van der Waals surface area (Å²) in [7, 11) is 1.71. The van der Waals surface area contributed by atoms with Crippen molar-refractivity contribution >= 4 is 28.5 Å². The summed E-state index contributed by atoms with van der Waals surface area (Å²) in [5, 5.41) is 3.05. The van der Waals surface area contributed by atoms with Crippen molar-refractivity contribution < 1.29 is 9.15 Å². The highest BCUT2D eigenvalue weighted by atomic mass is 32.1. The predicted molar refractivity (Wildman–Crippen MR) is 56.3 cm³/mol. The first kappa shape index (κ1) is 8.96. The number of fused-ring (bicyclic) bond motifs is 1. The first-order valence-corrected chi connectivity index (χ1v) is 4.43. The highest BCUT2D eigenvalue weighted by Gasteiger charge is 2.02. The average Bonchev–Trinajstić information content (AvgIpc) is 2.64. The highest BCUT2D eigenvalue weighted by Crippen LogP contribution is 2.19. The second-order valence-corrected chi connectivity index (χ2v) is 2.99. The van der Waals surface area contributed by atoms with Crippen LogP contribution in [0.5, 0.6) is 5.75 Å². The smallest absolute Gasteiger partial charge is 0.261 e. The molecule has 0 radical (unpaired) electrons. The number of ether oxygens (including phenoxy) is 1. The third-order valence-corrected chi connectivity index (χ3v) is 2.00. The molecule has 0 saturated heterocycles. The fraction of sp³-hybridized carbons (Fsp3) is 0.111. The van der Waals surface area contributed by atoms with Crippen molar-refractivity contribution in [2.75, 3.05) is 7.05 Å². The highest BCUT2D eigenvalue weighted by molar-refractivity contribution is 7.80. The second-order valence-electron chi connectivity index (χ2n) is 2.62. The molecule has 1 N–H and O–H groups in total. The first-order chi connectivity index (χ1) is 6.79. The molecule has 0 atom stereocenters. The van der Waals surface area contributed by atoms with Crippen LogP contribution in [-0.2, 0) is 0 Å². The summed E-state index contributed by atoms with van der Waals surface area (Å²) in [6.45, 7) is 0. The van der Waals surface area contributed by atoms with Crippen molar-refractivity contribution in [3.8, 4) is 5.75 Å². The van der Waals surface area contributed by atoms with Gasteiger partial charge in [0, 0.05) is 13.1 Å². The maximum absolute atomic E-state index is 5.28. The number of nitrogens with zero attached hydrogens (tertiary/aromatic N) is 1. The van der Waals surface area contributed by atoms with E-state index in [1.165, 1.54) is 6.39 Å². The molecule has 4 nitrogen and oxygen atoms in total. The molecular formula is C9H8N2O2S. The molecule has 0 aliphatic carbocycles. The van der Waals surface area contributed by atoms with Crippen LogP contribution in [0.1, 0.15) is 0 Å². The lowest BCUT2D eigenvalue weighted by molar-refractivity contribution is 0.542. The average molecular weight is 208 g/mol. The van der Waals surface area contributed by atoms with Gasteiger partial charge in [0.2, 0.25) is 0 Å². The maximum Gasteiger partial charge on any atom is 0.261 e. The third-order valence-electron chi connectivity index (χ3n) is 1.72. The zero-order valence-corrected chi connectivity index (χ0v) is 8.30. The van der Waals surface area contributed by atoms with Gasteiger partial charge in [-0.25, -0.2) is 4.98 Å². The van der Waals surface area contributed by atoms with Crippen LogP contribution in [0.15, 0.2) is 29.0 Å². The van der Waals surface area contributed by atoms with E-state index in [1.807, 2.05) is 0 Å². The molecule has 2 rings (SSSR count). The minimum atomic E-state index is 0.327. The number of aromatic nitrogens is 1. The van der Waals surface area contributed by atoms with E-state index in [9.17, 15) is 0 Å². The zero-order valence-electron chi connectivity index (χ0n) is 7.48. The Bertz CT molecular complexity index is 467. The summed E-state index contributed by atoms with van der Waals surface area (Å²) in [5.74, 6) is 0.644. The van der Waals surface area contributed by atoms with Crippen LogP contribution in [0, 0.1) is 0 Å². The van der Waals surface area contributed by atoms with E-state index in [1.54, 1.807) is 25.2 Å². The number of benzene rings is 1. The topological polar surface area (TPSA) is 47.3 Å². The standard InChI is InChI=1S/C9H8N2O2S/c1-10-9(14)13-6-2-3-8-7(4-6)11-5-12-8/h2-5H,1H3,(H,10,14). The van der Waals surface area contributed by atoms with E-state index in [4.69, 9.17) is 21.4 Å². The van der Waals surface area contributed by atoms with E-state index >= 15 is 0 Å². The fourth-order valence-electron chi connectivity index (χ4n) is 1.06. The molecule has 0 amide bonds. The summed E-state index contributed by atoms with van der Waals surface area (Å²) in [5.41, 5.74) is 1.48. The van der Waals surface area contributed by atoms with Crippen molar-refractivity contribution in [2.45, 2.75) is 0 Å². The SMILES string of the molecule is CNC(=S)Oc1ccc2ocnc2c1. The predicted octanol–water partition coefficient (Wildman–Crippen LogP) is 1.71. The number of hydrogen-bond donors (Lipinski definition) is 1. The Kier molecular flexibility index (Phi) is 2.32. The number of thiocarbonyl (C=S) groups is 1. The van der Waals surface area contributed by atoms with Crippen LogP contribution in [0.3, 0.4) is 0 Å². The van der Waals surface area contributed by atoms with Crippen molar-refractivity contribution in [1.29, 1.82) is 0 Å². The summed E-state index contributed by atoms with van der Waals surface area (Å²) >= 11 is 4.86.